The van der Waals surface area contributed by atoms with Gasteiger partial charge >= 0.3 is 29.9 Å². The molecule has 3 rings (SSSR count). The van der Waals surface area contributed by atoms with Crippen LogP contribution in [0.4, 0.5) is 26.3 Å². The Hall–Kier alpha value is -2.66. The summed E-state index contributed by atoms with van der Waals surface area (Å²) in [7, 11) is -5.96. The lowest BCUT2D eigenvalue weighted by molar-refractivity contribution is -0.356. The molecule has 0 saturated carbocycles. The number of hydrogen-bond donors (Lipinski definition) is 1. The lowest BCUT2D eigenvalue weighted by Gasteiger charge is -2.35. The molecule has 0 heterocycles. The topological polar surface area (TPSA) is 107 Å². The maximum Gasteiger partial charge on any atom is 0.438 e. The van der Waals surface area contributed by atoms with Gasteiger partial charge in [-0.3, -0.25) is 9.35 Å². The molecule has 1 N–H and O–H groups in total. The van der Waals surface area contributed by atoms with Crippen molar-refractivity contribution in [2.75, 3.05) is 5.75 Å². The van der Waals surface area contributed by atoms with Crippen LogP contribution in [0.2, 0.25) is 0 Å². The SMILES string of the molecule is O=C(OC(CS(=O)(=O)O)(C(F)(F)F)C(F)(F)F)c1ccc(I)cc1OC(=O)C1C=Cc2ccccc21. The molecular formula is C21H13F6IO7S. The van der Waals surface area contributed by atoms with E-state index < -0.39 is 63.0 Å². The number of fused-ring (bicyclic) bond motifs is 1. The van der Waals surface area contributed by atoms with Crippen LogP contribution in [0.3, 0.4) is 0 Å². The van der Waals surface area contributed by atoms with E-state index in [-0.39, 0.29) is 3.57 Å². The van der Waals surface area contributed by atoms with Gasteiger partial charge in [-0.25, -0.2) is 4.79 Å². The highest BCUT2D eigenvalue weighted by Gasteiger charge is 2.76. The number of carbonyl (C=O) groups is 2. The van der Waals surface area contributed by atoms with Crippen molar-refractivity contribution < 1.29 is 58.4 Å². The van der Waals surface area contributed by atoms with Gasteiger partial charge in [0.25, 0.3) is 10.1 Å². The summed E-state index contributed by atoms with van der Waals surface area (Å²) in [5.41, 5.74) is -5.44. The third kappa shape index (κ3) is 5.67. The van der Waals surface area contributed by atoms with Crippen LogP contribution in [0.1, 0.15) is 27.4 Å². The smallest absolute Gasteiger partial charge is 0.434 e. The molecule has 0 spiro atoms. The Morgan fingerprint density at radius 3 is 2.19 bits per heavy atom. The normalized spacial score (nSPS) is 15.9. The first-order valence-corrected chi connectivity index (χ1v) is 12.2. The average molecular weight is 650 g/mol. The van der Waals surface area contributed by atoms with E-state index in [1.165, 1.54) is 6.08 Å². The summed E-state index contributed by atoms with van der Waals surface area (Å²) in [6.07, 6.45) is -9.96. The van der Waals surface area contributed by atoms with Gasteiger partial charge in [-0.15, -0.1) is 0 Å². The molecule has 1 unspecified atom stereocenters. The predicted octanol–water partition coefficient (Wildman–Crippen LogP) is 4.92. The number of esters is 2. The second kappa shape index (κ2) is 9.66. The van der Waals surface area contributed by atoms with Crippen LogP contribution in [0, 0.1) is 3.57 Å². The molecule has 2 aromatic rings. The standard InChI is InChI=1S/C21H13F6IO7S/c22-20(23,24)19(21(25,26)27,10-36(31,32)33)35-18(30)15-8-6-12(28)9-16(15)34-17(29)14-7-5-11-3-1-2-4-13(11)14/h1-9,14H,10H2,(H,31,32,33). The van der Waals surface area contributed by atoms with E-state index in [1.807, 2.05) is 0 Å². The summed E-state index contributed by atoms with van der Waals surface area (Å²) in [4.78, 5) is 25.3. The number of halogens is 7. The molecule has 0 radical (unpaired) electrons. The molecule has 0 aromatic heterocycles. The average Bonchev–Trinajstić information content (AvgIpc) is 3.15. The quantitative estimate of drug-likeness (QED) is 0.156. The molecule has 1 aliphatic rings. The Balaban J connectivity index is 2.00. The zero-order valence-electron chi connectivity index (χ0n) is 17.4. The molecule has 194 valence electrons. The second-order valence-corrected chi connectivity index (χ2v) is 10.2. The van der Waals surface area contributed by atoms with Gasteiger partial charge in [0, 0.05) is 3.57 Å². The number of benzene rings is 2. The highest BCUT2D eigenvalue weighted by Crippen LogP contribution is 2.47. The van der Waals surface area contributed by atoms with Crippen molar-refractivity contribution in [3.63, 3.8) is 0 Å². The molecule has 0 fully saturated rings. The Labute approximate surface area is 213 Å². The van der Waals surface area contributed by atoms with Crippen LogP contribution in [-0.4, -0.2) is 48.6 Å². The fourth-order valence-electron chi connectivity index (χ4n) is 3.32. The monoisotopic (exact) mass is 650 g/mol. The van der Waals surface area contributed by atoms with Crippen LogP contribution in [0.25, 0.3) is 6.08 Å². The Morgan fingerprint density at radius 1 is 1.00 bits per heavy atom. The van der Waals surface area contributed by atoms with Gasteiger partial charge in [0.2, 0.25) is 0 Å². The summed E-state index contributed by atoms with van der Waals surface area (Å²) in [5.74, 6) is -8.04. The molecule has 0 bridgehead atoms. The summed E-state index contributed by atoms with van der Waals surface area (Å²) < 4.78 is 121. The lowest BCUT2D eigenvalue weighted by atomic mass is 10.0. The highest BCUT2D eigenvalue weighted by atomic mass is 127. The van der Waals surface area contributed by atoms with Crippen molar-refractivity contribution in [2.24, 2.45) is 0 Å². The van der Waals surface area contributed by atoms with E-state index in [4.69, 9.17) is 9.29 Å². The van der Waals surface area contributed by atoms with Crippen molar-refractivity contribution >= 4 is 50.7 Å². The molecule has 1 atom stereocenters. The van der Waals surface area contributed by atoms with E-state index in [9.17, 15) is 44.3 Å². The maximum atomic E-state index is 13.5. The minimum absolute atomic E-state index is 0.283. The zero-order valence-corrected chi connectivity index (χ0v) is 20.4. The van der Waals surface area contributed by atoms with Crippen LogP contribution >= 0.6 is 22.6 Å². The summed E-state index contributed by atoms with van der Waals surface area (Å²) in [6, 6.07) is 9.46. The third-order valence-corrected chi connectivity index (χ3v) is 6.44. The van der Waals surface area contributed by atoms with Gasteiger partial charge in [-0.1, -0.05) is 36.4 Å². The molecule has 36 heavy (non-hydrogen) atoms. The number of hydrogen-bond acceptors (Lipinski definition) is 6. The van der Waals surface area contributed by atoms with Crippen LogP contribution < -0.4 is 4.74 Å². The molecule has 2 aromatic carbocycles. The maximum absolute atomic E-state index is 13.5. The predicted molar refractivity (Wildman–Crippen MR) is 120 cm³/mol. The fraction of sp³-hybridized carbons (Fsp3) is 0.238. The first kappa shape index (κ1) is 27.9. The minimum Gasteiger partial charge on any atom is -0.434 e. The fourth-order valence-corrected chi connectivity index (χ4v) is 4.68. The minimum atomic E-state index is -6.50. The molecule has 0 amide bonds. The molecule has 0 saturated heterocycles. The van der Waals surface area contributed by atoms with E-state index in [2.05, 4.69) is 4.74 Å². The van der Waals surface area contributed by atoms with Gasteiger partial charge in [-0.05, 0) is 51.9 Å². The summed E-state index contributed by atoms with van der Waals surface area (Å²) >= 11 is 1.68. The molecule has 1 aliphatic carbocycles. The van der Waals surface area contributed by atoms with Gasteiger partial charge in [0.05, 0.1) is 0 Å². The largest absolute Gasteiger partial charge is 0.438 e. The lowest BCUT2D eigenvalue weighted by Crippen LogP contribution is -2.63. The van der Waals surface area contributed by atoms with E-state index in [0.717, 1.165) is 18.2 Å². The number of rotatable bonds is 6. The van der Waals surface area contributed by atoms with Crippen molar-refractivity contribution in [1.82, 2.24) is 0 Å². The van der Waals surface area contributed by atoms with Crippen molar-refractivity contribution in [1.29, 1.82) is 0 Å². The first-order chi connectivity index (χ1) is 16.5. The van der Waals surface area contributed by atoms with Crippen molar-refractivity contribution in [3.05, 3.63) is 68.8 Å². The zero-order chi connectivity index (χ0) is 27.1. The molecule has 15 heteroatoms. The van der Waals surface area contributed by atoms with Crippen LogP contribution in [0.5, 0.6) is 5.75 Å². The number of alkyl halides is 6. The third-order valence-electron chi connectivity index (χ3n) is 5.00. The summed E-state index contributed by atoms with van der Waals surface area (Å²) in [6.45, 7) is 0. The first-order valence-electron chi connectivity index (χ1n) is 9.55. The van der Waals surface area contributed by atoms with Crippen LogP contribution in [-0.2, 0) is 19.6 Å². The van der Waals surface area contributed by atoms with Gasteiger partial charge in [0.1, 0.15) is 23.0 Å². The second-order valence-electron chi connectivity index (χ2n) is 7.47. The number of carbonyl (C=O) groups excluding carboxylic acids is 2. The molecular weight excluding hydrogens is 637 g/mol. The van der Waals surface area contributed by atoms with Crippen LogP contribution in [0.15, 0.2) is 48.5 Å². The van der Waals surface area contributed by atoms with Gasteiger partial charge in [-0.2, -0.15) is 34.8 Å². The van der Waals surface area contributed by atoms with Gasteiger partial charge < -0.3 is 9.47 Å². The Kier molecular flexibility index (Phi) is 7.49. The van der Waals surface area contributed by atoms with Crippen molar-refractivity contribution in [2.45, 2.75) is 23.9 Å². The molecule has 7 nitrogen and oxygen atoms in total. The number of ether oxygens (including phenoxy) is 2. The van der Waals surface area contributed by atoms with E-state index in [1.54, 1.807) is 52.9 Å². The van der Waals surface area contributed by atoms with E-state index >= 15 is 0 Å². The highest BCUT2D eigenvalue weighted by molar-refractivity contribution is 14.1. The van der Waals surface area contributed by atoms with Gasteiger partial charge in [0.15, 0.2) is 0 Å². The van der Waals surface area contributed by atoms with E-state index in [0.29, 0.717) is 11.1 Å². The van der Waals surface area contributed by atoms with Crippen molar-refractivity contribution in [3.8, 4) is 5.75 Å². The Bertz CT molecular complexity index is 1320. The molecule has 0 aliphatic heterocycles. The Morgan fingerprint density at radius 2 is 1.61 bits per heavy atom. The summed E-state index contributed by atoms with van der Waals surface area (Å²) in [5, 5.41) is 0.